The number of sulfonamides is 1. The average Bonchev–Trinajstić information content (AvgIpc) is 3.76. The van der Waals surface area contributed by atoms with Crippen LogP contribution in [0.15, 0.2) is 56.9 Å². The van der Waals surface area contributed by atoms with Gasteiger partial charge >= 0.3 is 6.18 Å². The summed E-state index contributed by atoms with van der Waals surface area (Å²) in [4.78, 5) is 20.4. The van der Waals surface area contributed by atoms with E-state index in [9.17, 15) is 26.4 Å². The van der Waals surface area contributed by atoms with Crippen molar-refractivity contribution in [2.45, 2.75) is 127 Å². The molecule has 0 atom stereocenters. The van der Waals surface area contributed by atoms with Crippen LogP contribution in [-0.4, -0.2) is 63.3 Å². The molecular weight excluding hydrogens is 710 g/mol. The monoisotopic (exact) mass is 760 g/mol. The van der Waals surface area contributed by atoms with Gasteiger partial charge in [0.2, 0.25) is 5.88 Å². The van der Waals surface area contributed by atoms with E-state index in [0.29, 0.717) is 53.8 Å². The van der Waals surface area contributed by atoms with Crippen molar-refractivity contribution in [1.29, 1.82) is 0 Å². The van der Waals surface area contributed by atoms with Gasteiger partial charge < -0.3 is 9.26 Å². The zero-order valence-electron chi connectivity index (χ0n) is 31.1. The Labute approximate surface area is 306 Å². The quantitative estimate of drug-likeness (QED) is 0.0820. The van der Waals surface area contributed by atoms with Crippen LogP contribution < -0.4 is 4.31 Å². The molecule has 0 saturated heterocycles. The fourth-order valence-electron chi connectivity index (χ4n) is 6.80. The lowest BCUT2D eigenvalue weighted by Crippen LogP contribution is -2.40. The molecule has 1 saturated carbocycles. The highest BCUT2D eigenvalue weighted by Gasteiger charge is 2.49. The lowest BCUT2D eigenvalue weighted by Gasteiger charge is -2.25. The third-order valence-corrected chi connectivity index (χ3v) is 13.4. The fraction of sp³-hybridized carbons (Fsp3) is 0.553. The average molecular weight is 761 g/mol. The van der Waals surface area contributed by atoms with E-state index in [4.69, 9.17) is 14.3 Å². The second-order valence-corrected chi connectivity index (χ2v) is 22.7. The van der Waals surface area contributed by atoms with Gasteiger partial charge in [-0.15, -0.1) is 0 Å². The molecule has 284 valence electrons. The van der Waals surface area contributed by atoms with Gasteiger partial charge in [-0.1, -0.05) is 87.4 Å². The summed E-state index contributed by atoms with van der Waals surface area (Å²) in [5.41, 5.74) is 1.91. The number of amidine groups is 1. The maximum absolute atomic E-state index is 14.6. The molecule has 14 heteroatoms. The van der Waals surface area contributed by atoms with E-state index in [1.807, 2.05) is 0 Å². The summed E-state index contributed by atoms with van der Waals surface area (Å²) < 4.78 is 82.9. The number of alkyl halides is 3. The second kappa shape index (κ2) is 15.9. The number of aromatic nitrogens is 1. The predicted octanol–water partition coefficient (Wildman–Crippen LogP) is 9.20. The van der Waals surface area contributed by atoms with Crippen molar-refractivity contribution in [2.24, 2.45) is 4.99 Å². The van der Waals surface area contributed by atoms with Gasteiger partial charge in [-0.25, -0.2) is 12.7 Å². The Morgan fingerprint density at radius 3 is 2.38 bits per heavy atom. The van der Waals surface area contributed by atoms with Crippen molar-refractivity contribution >= 4 is 35.7 Å². The summed E-state index contributed by atoms with van der Waals surface area (Å²) in [5, 5.41) is 3.98. The first-order valence-corrected chi connectivity index (χ1v) is 23.3. The number of rotatable bonds is 16. The first-order valence-electron chi connectivity index (χ1n) is 18.2. The van der Waals surface area contributed by atoms with Gasteiger partial charge in [0.15, 0.2) is 0 Å². The van der Waals surface area contributed by atoms with Gasteiger partial charge in [-0.2, -0.15) is 13.2 Å². The molecule has 1 aliphatic heterocycles. The molecule has 5 rings (SSSR count). The van der Waals surface area contributed by atoms with E-state index in [2.05, 4.69) is 31.7 Å². The first-order chi connectivity index (χ1) is 24.5. The summed E-state index contributed by atoms with van der Waals surface area (Å²) in [6.45, 7) is 12.3. The van der Waals surface area contributed by atoms with Gasteiger partial charge in [-0.05, 0) is 68.3 Å². The molecule has 3 aromatic rings. The number of aliphatic imine (C=N–C) groups is 1. The highest BCUT2D eigenvalue weighted by Crippen LogP contribution is 2.41. The maximum atomic E-state index is 14.6. The van der Waals surface area contributed by atoms with Crippen LogP contribution in [0.2, 0.25) is 25.7 Å². The summed E-state index contributed by atoms with van der Waals surface area (Å²) in [5.74, 6) is 0.707. The molecule has 1 aromatic heterocycles. The largest absolute Gasteiger partial charge is 0.389 e. The number of hydrogen-bond acceptors (Lipinski definition) is 7. The van der Waals surface area contributed by atoms with E-state index in [1.165, 1.54) is 6.07 Å². The molecule has 0 N–H and O–H groups in total. The Kier molecular flexibility index (Phi) is 12.1. The highest BCUT2D eigenvalue weighted by molar-refractivity contribution is 7.93. The van der Waals surface area contributed by atoms with E-state index in [1.54, 1.807) is 55.1 Å². The number of halogens is 3. The van der Waals surface area contributed by atoms with Crippen LogP contribution in [0.3, 0.4) is 0 Å². The van der Waals surface area contributed by atoms with Gasteiger partial charge in [0.25, 0.3) is 15.9 Å². The van der Waals surface area contributed by atoms with Crippen molar-refractivity contribution in [3.63, 3.8) is 0 Å². The van der Waals surface area contributed by atoms with Crippen LogP contribution in [-0.2, 0) is 32.5 Å². The molecule has 1 spiro atoms. The van der Waals surface area contributed by atoms with Crippen molar-refractivity contribution in [3.8, 4) is 11.1 Å². The zero-order valence-corrected chi connectivity index (χ0v) is 32.9. The number of benzene rings is 2. The third-order valence-electron chi connectivity index (χ3n) is 9.98. The minimum Gasteiger partial charge on any atom is -0.360 e. The number of carbonyl (C=O) groups is 1. The lowest BCUT2D eigenvalue weighted by atomic mass is 9.94. The summed E-state index contributed by atoms with van der Waals surface area (Å²) in [6.07, 6.45) is -0.195. The summed E-state index contributed by atoms with van der Waals surface area (Å²) in [6, 6.07) is 12.2. The third kappa shape index (κ3) is 8.99. The van der Waals surface area contributed by atoms with Crippen LogP contribution in [0.4, 0.5) is 19.1 Å². The molecule has 1 fully saturated rings. The van der Waals surface area contributed by atoms with E-state index >= 15 is 0 Å². The molecule has 2 aliphatic rings. The SMILES string of the molecule is CCCCC1=NC2(CCCC2)C(=O)N1Cc1ccc(-c2ccccc2S(=O)(=O)N(COCC[Si](C)(C)C)c2onc(C)c2C)c(CCC(F)(F)F)c1. The van der Waals surface area contributed by atoms with Crippen LogP contribution in [0.25, 0.3) is 11.1 Å². The molecule has 2 aromatic carbocycles. The first kappa shape index (κ1) is 39.7. The van der Waals surface area contributed by atoms with Crippen molar-refractivity contribution in [3.05, 3.63) is 64.8 Å². The van der Waals surface area contributed by atoms with Crippen molar-refractivity contribution in [1.82, 2.24) is 10.1 Å². The second-order valence-electron chi connectivity index (χ2n) is 15.3. The van der Waals surface area contributed by atoms with Gasteiger partial charge in [-0.3, -0.25) is 14.7 Å². The lowest BCUT2D eigenvalue weighted by molar-refractivity contribution is -0.134. The molecular formula is C38H51F3N4O5SSi. The number of unbranched alkanes of at least 4 members (excludes halogenated alkanes) is 1. The molecule has 1 amide bonds. The standard InChI is InChI=1S/C38H51F3N4O5SSi/c1-7-8-15-34-42-37(19-11-12-20-37)36(46)44(34)25-29-16-17-31(30(24-29)18-21-38(39,40)41)32-13-9-10-14-33(32)51(47,48)45(26-49-22-23-52(4,5)6)35-27(2)28(3)43-50-35/h9-10,13-14,16-17,24H,7-8,11-12,15,18-23,25-26H2,1-6H3. The van der Waals surface area contributed by atoms with Crippen molar-refractivity contribution in [2.75, 3.05) is 17.6 Å². The summed E-state index contributed by atoms with van der Waals surface area (Å²) in [7, 11) is -5.87. The van der Waals surface area contributed by atoms with E-state index < -0.39 is 36.2 Å². The van der Waals surface area contributed by atoms with Gasteiger partial charge in [0, 0.05) is 38.6 Å². The highest BCUT2D eigenvalue weighted by atomic mass is 32.2. The Hall–Kier alpha value is -3.49. The molecule has 2 heterocycles. The fourth-order valence-corrected chi connectivity index (χ4v) is 9.11. The minimum absolute atomic E-state index is 0.0174. The van der Waals surface area contributed by atoms with Crippen LogP contribution >= 0.6 is 0 Å². The molecule has 9 nitrogen and oxygen atoms in total. The van der Waals surface area contributed by atoms with E-state index in [0.717, 1.165) is 41.9 Å². The Morgan fingerprint density at radius 1 is 1.04 bits per heavy atom. The number of nitrogens with zero attached hydrogens (tertiary/aromatic N) is 4. The van der Waals surface area contributed by atoms with Crippen LogP contribution in [0.1, 0.15) is 80.7 Å². The molecule has 0 unspecified atom stereocenters. The smallest absolute Gasteiger partial charge is 0.360 e. The number of anilines is 1. The zero-order chi connectivity index (χ0) is 37.9. The molecule has 0 bridgehead atoms. The normalized spacial score (nSPS) is 16.3. The maximum Gasteiger partial charge on any atom is 0.389 e. The number of carbonyl (C=O) groups excluding carboxylic acids is 1. The molecule has 52 heavy (non-hydrogen) atoms. The number of amides is 1. The Bertz CT molecular complexity index is 1880. The van der Waals surface area contributed by atoms with Crippen molar-refractivity contribution < 1.29 is 35.6 Å². The molecule has 1 aliphatic carbocycles. The predicted molar refractivity (Wildman–Crippen MR) is 200 cm³/mol. The van der Waals surface area contributed by atoms with Gasteiger partial charge in [0.1, 0.15) is 18.1 Å². The molecule has 0 radical (unpaired) electrons. The topological polar surface area (TPSA) is 105 Å². The van der Waals surface area contributed by atoms with Gasteiger partial charge in [0.05, 0.1) is 17.1 Å². The van der Waals surface area contributed by atoms with Crippen LogP contribution in [0, 0.1) is 13.8 Å². The Morgan fingerprint density at radius 2 is 1.75 bits per heavy atom. The number of hydrogen-bond donors (Lipinski definition) is 0. The Balaban J connectivity index is 1.54. The number of ether oxygens (including phenoxy) is 1. The minimum atomic E-state index is -4.44. The number of aryl methyl sites for hydroxylation is 2. The summed E-state index contributed by atoms with van der Waals surface area (Å²) >= 11 is 0. The van der Waals surface area contributed by atoms with E-state index in [-0.39, 0.29) is 41.9 Å². The van der Waals surface area contributed by atoms with Crippen LogP contribution in [0.5, 0.6) is 0 Å².